The van der Waals surface area contributed by atoms with E-state index in [-0.39, 0.29) is 0 Å². The first kappa shape index (κ1) is 19.0. The summed E-state index contributed by atoms with van der Waals surface area (Å²) in [5.41, 5.74) is 11.4. The number of hydrazine groups is 1. The molecule has 2 saturated heterocycles. The third kappa shape index (κ3) is 4.40. The molecule has 2 fully saturated rings. The average molecular weight is 382 g/mol. The molecule has 4 rings (SSSR count). The number of hydrogen-bond donors (Lipinski definition) is 2. The van der Waals surface area contributed by atoms with Crippen molar-refractivity contribution in [1.29, 1.82) is 0 Å². The summed E-state index contributed by atoms with van der Waals surface area (Å²) >= 11 is 1.81. The third-order valence-corrected chi connectivity index (χ3v) is 7.06. The highest BCUT2D eigenvalue weighted by Gasteiger charge is 2.36. The predicted octanol–water partition coefficient (Wildman–Crippen LogP) is 4.19. The highest BCUT2D eigenvalue weighted by molar-refractivity contribution is 7.98. The maximum atomic E-state index is 3.61. The molecular formula is C23H31N3S. The Morgan fingerprint density at radius 3 is 2.48 bits per heavy atom. The summed E-state index contributed by atoms with van der Waals surface area (Å²) in [7, 11) is 0. The zero-order chi connectivity index (χ0) is 18.6. The van der Waals surface area contributed by atoms with Gasteiger partial charge in [0.05, 0.1) is 0 Å². The number of benzene rings is 2. The van der Waals surface area contributed by atoms with E-state index < -0.39 is 0 Å². The van der Waals surface area contributed by atoms with E-state index in [1.165, 1.54) is 47.5 Å². The summed E-state index contributed by atoms with van der Waals surface area (Å²) in [6.07, 6.45) is 4.70. The molecule has 0 radical (unpaired) electrons. The normalized spacial score (nSPS) is 24.4. The summed E-state index contributed by atoms with van der Waals surface area (Å²) in [4.78, 5) is 3.97. The number of thioether (sulfide) groups is 1. The van der Waals surface area contributed by atoms with Gasteiger partial charge < -0.3 is 0 Å². The minimum absolute atomic E-state index is 0.550. The van der Waals surface area contributed by atoms with Crippen LogP contribution in [0.15, 0.2) is 53.4 Å². The first-order valence-corrected chi connectivity index (χ1v) is 11.4. The fourth-order valence-electron chi connectivity index (χ4n) is 4.73. The standard InChI is InChI=1S/C23H31N3S/c1-17-5-3-4-6-21(17)22-15-24-25-23(22)19-11-13-26(14-12-19)16-18-7-9-20(27-2)10-8-18/h3-10,19,22-25H,11-16H2,1-2H3. The molecule has 2 heterocycles. The molecule has 0 aromatic heterocycles. The smallest absolute Gasteiger partial charge is 0.0323 e. The van der Waals surface area contributed by atoms with Crippen molar-refractivity contribution >= 4 is 11.8 Å². The molecule has 0 bridgehead atoms. The van der Waals surface area contributed by atoms with E-state index in [0.29, 0.717) is 12.0 Å². The van der Waals surface area contributed by atoms with E-state index >= 15 is 0 Å². The van der Waals surface area contributed by atoms with E-state index in [9.17, 15) is 0 Å². The Balaban J connectivity index is 1.35. The van der Waals surface area contributed by atoms with Crippen LogP contribution < -0.4 is 10.9 Å². The van der Waals surface area contributed by atoms with Gasteiger partial charge in [0.25, 0.3) is 0 Å². The lowest BCUT2D eigenvalue weighted by Crippen LogP contribution is -2.44. The molecule has 2 aromatic carbocycles. The Kier molecular flexibility index (Phi) is 6.18. The van der Waals surface area contributed by atoms with Crippen LogP contribution in [0.3, 0.4) is 0 Å². The number of nitrogens with one attached hydrogen (secondary N) is 2. The summed E-state index contributed by atoms with van der Waals surface area (Å²) in [5.74, 6) is 1.33. The molecule has 2 aliphatic heterocycles. The number of hydrogen-bond acceptors (Lipinski definition) is 4. The first-order valence-electron chi connectivity index (χ1n) is 10.1. The molecule has 0 saturated carbocycles. The van der Waals surface area contributed by atoms with Crippen molar-refractivity contribution in [3.63, 3.8) is 0 Å². The van der Waals surface area contributed by atoms with Crippen molar-refractivity contribution < 1.29 is 0 Å². The monoisotopic (exact) mass is 381 g/mol. The Bertz CT molecular complexity index is 738. The third-order valence-electron chi connectivity index (χ3n) is 6.32. The van der Waals surface area contributed by atoms with Crippen molar-refractivity contribution in [2.75, 3.05) is 25.9 Å². The molecule has 144 valence electrons. The van der Waals surface area contributed by atoms with Gasteiger partial charge in [0.2, 0.25) is 0 Å². The number of nitrogens with zero attached hydrogens (tertiary/aromatic N) is 1. The Morgan fingerprint density at radius 1 is 1.04 bits per heavy atom. The highest BCUT2D eigenvalue weighted by atomic mass is 32.2. The largest absolute Gasteiger partial charge is 0.299 e. The summed E-state index contributed by atoms with van der Waals surface area (Å²) < 4.78 is 0. The highest BCUT2D eigenvalue weighted by Crippen LogP contribution is 2.34. The molecule has 2 unspecified atom stereocenters. The molecular weight excluding hydrogens is 350 g/mol. The number of aryl methyl sites for hydroxylation is 1. The lowest BCUT2D eigenvalue weighted by Gasteiger charge is -2.36. The number of likely N-dealkylation sites (tertiary alicyclic amines) is 1. The molecule has 2 aliphatic rings. The number of piperidine rings is 1. The van der Waals surface area contributed by atoms with Crippen molar-refractivity contribution in [3.8, 4) is 0 Å². The molecule has 0 aliphatic carbocycles. The van der Waals surface area contributed by atoms with Gasteiger partial charge in [-0.3, -0.25) is 15.8 Å². The quantitative estimate of drug-likeness (QED) is 0.760. The van der Waals surface area contributed by atoms with E-state index in [4.69, 9.17) is 0 Å². The lowest BCUT2D eigenvalue weighted by molar-refractivity contribution is 0.152. The van der Waals surface area contributed by atoms with Gasteiger partial charge in [-0.15, -0.1) is 11.8 Å². The van der Waals surface area contributed by atoms with Crippen LogP contribution in [0.2, 0.25) is 0 Å². The predicted molar refractivity (Wildman–Crippen MR) is 115 cm³/mol. The zero-order valence-corrected chi connectivity index (χ0v) is 17.3. The van der Waals surface area contributed by atoms with E-state index in [2.05, 4.69) is 77.5 Å². The van der Waals surface area contributed by atoms with Crippen LogP contribution in [0.25, 0.3) is 0 Å². The fourth-order valence-corrected chi connectivity index (χ4v) is 5.13. The van der Waals surface area contributed by atoms with E-state index in [0.717, 1.165) is 19.0 Å². The van der Waals surface area contributed by atoms with Crippen LogP contribution in [-0.2, 0) is 6.54 Å². The van der Waals surface area contributed by atoms with Gasteiger partial charge in [-0.2, -0.15) is 0 Å². The molecule has 0 amide bonds. The molecule has 2 N–H and O–H groups in total. The lowest BCUT2D eigenvalue weighted by atomic mass is 9.79. The Morgan fingerprint density at radius 2 is 1.78 bits per heavy atom. The van der Waals surface area contributed by atoms with Crippen LogP contribution in [0.1, 0.15) is 35.4 Å². The molecule has 4 heteroatoms. The van der Waals surface area contributed by atoms with Crippen molar-refractivity contribution in [2.45, 2.75) is 43.2 Å². The van der Waals surface area contributed by atoms with Gasteiger partial charge >= 0.3 is 0 Å². The van der Waals surface area contributed by atoms with Gasteiger partial charge in [-0.05, 0) is 73.9 Å². The van der Waals surface area contributed by atoms with E-state index in [1.54, 1.807) is 0 Å². The Hall–Kier alpha value is -1.33. The minimum Gasteiger partial charge on any atom is -0.299 e. The van der Waals surface area contributed by atoms with Crippen molar-refractivity contribution in [1.82, 2.24) is 15.8 Å². The average Bonchev–Trinajstić information content (AvgIpc) is 3.19. The van der Waals surface area contributed by atoms with Gasteiger partial charge in [0, 0.05) is 29.9 Å². The fraction of sp³-hybridized carbons (Fsp3) is 0.478. The second kappa shape index (κ2) is 8.78. The van der Waals surface area contributed by atoms with E-state index in [1.807, 2.05) is 11.8 Å². The van der Waals surface area contributed by atoms with Gasteiger partial charge in [-0.1, -0.05) is 36.4 Å². The second-order valence-corrected chi connectivity index (χ2v) is 8.86. The van der Waals surface area contributed by atoms with Crippen LogP contribution in [0.4, 0.5) is 0 Å². The van der Waals surface area contributed by atoms with Crippen LogP contribution >= 0.6 is 11.8 Å². The molecule has 2 atom stereocenters. The van der Waals surface area contributed by atoms with Crippen LogP contribution in [0.5, 0.6) is 0 Å². The summed E-state index contributed by atoms with van der Waals surface area (Å²) in [6, 6.07) is 18.5. The minimum atomic E-state index is 0.550. The molecule has 27 heavy (non-hydrogen) atoms. The maximum absolute atomic E-state index is 3.61. The molecule has 0 spiro atoms. The number of rotatable bonds is 5. The zero-order valence-electron chi connectivity index (χ0n) is 16.4. The summed E-state index contributed by atoms with van der Waals surface area (Å²) in [5, 5.41) is 0. The topological polar surface area (TPSA) is 27.3 Å². The molecule has 2 aromatic rings. The molecule has 3 nitrogen and oxygen atoms in total. The maximum Gasteiger partial charge on any atom is 0.0323 e. The van der Waals surface area contributed by atoms with Crippen molar-refractivity contribution in [3.05, 3.63) is 65.2 Å². The van der Waals surface area contributed by atoms with Gasteiger partial charge in [-0.25, -0.2) is 0 Å². The van der Waals surface area contributed by atoms with Gasteiger partial charge in [0.15, 0.2) is 0 Å². The summed E-state index contributed by atoms with van der Waals surface area (Å²) in [6.45, 7) is 6.77. The van der Waals surface area contributed by atoms with Crippen LogP contribution in [-0.4, -0.2) is 36.8 Å². The van der Waals surface area contributed by atoms with Crippen LogP contribution in [0, 0.1) is 12.8 Å². The Labute approximate surface area is 167 Å². The van der Waals surface area contributed by atoms with Crippen molar-refractivity contribution in [2.24, 2.45) is 5.92 Å². The second-order valence-electron chi connectivity index (χ2n) is 7.98. The SMILES string of the molecule is CSc1ccc(CN2CCC(C3NNCC3c3ccccc3C)CC2)cc1. The van der Waals surface area contributed by atoms with Gasteiger partial charge in [0.1, 0.15) is 0 Å². The first-order chi connectivity index (χ1) is 13.2.